The van der Waals surface area contributed by atoms with Gasteiger partial charge in [-0.05, 0) is 13.3 Å². The zero-order valence-electron chi connectivity index (χ0n) is 6.13. The van der Waals surface area contributed by atoms with Crippen LogP contribution in [0.2, 0.25) is 0 Å². The molecule has 0 amide bonds. The van der Waals surface area contributed by atoms with Crippen LogP contribution in [0.25, 0.3) is 0 Å². The largest absolute Gasteiger partial charge is 0.395 e. The molecule has 0 fully saturated rings. The molecule has 0 spiro atoms. The van der Waals surface area contributed by atoms with E-state index in [2.05, 4.69) is 0 Å². The van der Waals surface area contributed by atoms with E-state index in [0.717, 1.165) is 6.92 Å². The van der Waals surface area contributed by atoms with E-state index in [0.29, 0.717) is 0 Å². The maximum Gasteiger partial charge on any atom is 0.395 e. The lowest BCUT2D eigenvalue weighted by atomic mass is 9.88. The summed E-state index contributed by atoms with van der Waals surface area (Å²) in [5.41, 5.74) is 4.79. The molecule has 5 heteroatoms. The predicted octanol–water partition coefficient (Wildman–Crippen LogP) is 2.47. The van der Waals surface area contributed by atoms with E-state index in [4.69, 9.17) is 17.3 Å². The molecule has 0 aliphatic carbocycles. The van der Waals surface area contributed by atoms with Crippen molar-refractivity contribution >= 4 is 11.6 Å². The van der Waals surface area contributed by atoms with Gasteiger partial charge in [0.1, 0.15) is 0 Å². The summed E-state index contributed by atoms with van der Waals surface area (Å²) in [6.07, 6.45) is -4.53. The Labute approximate surface area is 68.7 Å². The standard InChI is InChI=1S/C6H10ClF3N/c1-5(4-7,2-3-11)6(8,9)10/h11H,2-4H2,1H3. The summed E-state index contributed by atoms with van der Waals surface area (Å²) in [6.45, 7) is 0.789. The number of hydrogen-bond donors (Lipinski definition) is 0. The van der Waals surface area contributed by atoms with Crippen molar-refractivity contribution in [1.82, 2.24) is 5.73 Å². The molecule has 1 N–H and O–H groups in total. The molecule has 0 heterocycles. The summed E-state index contributed by atoms with van der Waals surface area (Å²) in [4.78, 5) is 0. The molecule has 1 nitrogen and oxygen atoms in total. The van der Waals surface area contributed by atoms with Gasteiger partial charge in [-0.15, -0.1) is 11.6 Å². The van der Waals surface area contributed by atoms with Gasteiger partial charge in [0.05, 0.1) is 5.41 Å². The minimum absolute atomic E-state index is 0.236. The highest BCUT2D eigenvalue weighted by molar-refractivity contribution is 6.18. The van der Waals surface area contributed by atoms with Crippen molar-refractivity contribution in [2.24, 2.45) is 5.41 Å². The van der Waals surface area contributed by atoms with Crippen LogP contribution < -0.4 is 5.73 Å². The van der Waals surface area contributed by atoms with Crippen molar-refractivity contribution in [2.45, 2.75) is 19.5 Å². The quantitative estimate of drug-likeness (QED) is 0.608. The average molecular weight is 189 g/mol. The van der Waals surface area contributed by atoms with Crippen molar-refractivity contribution < 1.29 is 13.2 Å². The van der Waals surface area contributed by atoms with E-state index in [1.807, 2.05) is 0 Å². The first-order valence-corrected chi connectivity index (χ1v) is 3.68. The topological polar surface area (TPSA) is 23.8 Å². The predicted molar refractivity (Wildman–Crippen MR) is 37.5 cm³/mol. The minimum atomic E-state index is -4.30. The van der Waals surface area contributed by atoms with Crippen LogP contribution in [0.5, 0.6) is 0 Å². The van der Waals surface area contributed by atoms with E-state index < -0.39 is 17.5 Å². The molecule has 0 aliphatic rings. The van der Waals surface area contributed by atoms with Gasteiger partial charge in [0.25, 0.3) is 0 Å². The molecule has 0 saturated carbocycles. The molecule has 0 aliphatic heterocycles. The van der Waals surface area contributed by atoms with E-state index >= 15 is 0 Å². The number of alkyl halides is 4. The molecule has 0 saturated heterocycles. The summed E-state index contributed by atoms with van der Waals surface area (Å²) in [7, 11) is 0. The Kier molecular flexibility index (Phi) is 3.64. The molecule has 0 bridgehead atoms. The van der Waals surface area contributed by atoms with Crippen LogP contribution in [0.1, 0.15) is 13.3 Å². The van der Waals surface area contributed by atoms with Gasteiger partial charge < -0.3 is 0 Å². The van der Waals surface area contributed by atoms with Crippen LogP contribution in [0.4, 0.5) is 13.2 Å². The fourth-order valence-corrected chi connectivity index (χ4v) is 0.845. The Bertz CT molecular complexity index is 125. The van der Waals surface area contributed by atoms with Crippen LogP contribution in [-0.4, -0.2) is 18.6 Å². The zero-order valence-corrected chi connectivity index (χ0v) is 6.89. The van der Waals surface area contributed by atoms with Crippen LogP contribution >= 0.6 is 11.6 Å². The molecular weight excluding hydrogens is 179 g/mol. The van der Waals surface area contributed by atoms with Gasteiger partial charge in [-0.3, -0.25) is 5.73 Å². The monoisotopic (exact) mass is 188 g/mol. The second-order valence-electron chi connectivity index (χ2n) is 2.69. The van der Waals surface area contributed by atoms with E-state index in [9.17, 15) is 13.2 Å². The molecule has 11 heavy (non-hydrogen) atoms. The highest BCUT2D eigenvalue weighted by Crippen LogP contribution is 2.41. The number of nitrogens with one attached hydrogen (secondary N) is 1. The molecule has 0 aromatic rings. The lowest BCUT2D eigenvalue weighted by Gasteiger charge is -2.28. The SMILES string of the molecule is CC(CCl)(CC[NH])C(F)(F)F. The zero-order chi connectivity index (χ0) is 9.12. The normalized spacial score (nSPS) is 18.0. The van der Waals surface area contributed by atoms with Crippen LogP contribution in [0.3, 0.4) is 0 Å². The maximum absolute atomic E-state index is 12.1. The van der Waals surface area contributed by atoms with Crippen LogP contribution in [-0.2, 0) is 0 Å². The molecule has 0 aromatic heterocycles. The summed E-state index contributed by atoms with van der Waals surface area (Å²) in [5, 5.41) is 0. The Morgan fingerprint density at radius 2 is 1.82 bits per heavy atom. The van der Waals surface area contributed by atoms with Crippen molar-refractivity contribution in [1.29, 1.82) is 0 Å². The Balaban J connectivity index is 4.33. The minimum Gasteiger partial charge on any atom is -0.258 e. The fraction of sp³-hybridized carbons (Fsp3) is 1.00. The van der Waals surface area contributed by atoms with Crippen LogP contribution in [0, 0.1) is 5.41 Å². The molecule has 67 valence electrons. The summed E-state index contributed by atoms with van der Waals surface area (Å²) >= 11 is 5.17. The summed E-state index contributed by atoms with van der Waals surface area (Å²) < 4.78 is 36.4. The molecule has 0 rings (SSSR count). The van der Waals surface area contributed by atoms with E-state index in [1.54, 1.807) is 0 Å². The third kappa shape index (κ3) is 2.52. The second-order valence-corrected chi connectivity index (χ2v) is 2.96. The Morgan fingerprint density at radius 1 is 1.36 bits per heavy atom. The summed E-state index contributed by atoms with van der Waals surface area (Å²) in [6, 6.07) is 0. The van der Waals surface area contributed by atoms with Crippen molar-refractivity contribution in [3.05, 3.63) is 0 Å². The van der Waals surface area contributed by atoms with Crippen LogP contribution in [0.15, 0.2) is 0 Å². The first kappa shape index (κ1) is 11.0. The van der Waals surface area contributed by atoms with Crippen molar-refractivity contribution in [2.75, 3.05) is 12.4 Å². The highest BCUT2D eigenvalue weighted by atomic mass is 35.5. The first-order chi connectivity index (χ1) is 4.87. The van der Waals surface area contributed by atoms with Gasteiger partial charge in [-0.1, -0.05) is 0 Å². The van der Waals surface area contributed by atoms with Gasteiger partial charge >= 0.3 is 6.18 Å². The lowest BCUT2D eigenvalue weighted by molar-refractivity contribution is -0.211. The van der Waals surface area contributed by atoms with E-state index in [-0.39, 0.29) is 13.0 Å². The third-order valence-electron chi connectivity index (χ3n) is 1.66. The molecule has 1 unspecified atom stereocenters. The number of rotatable bonds is 3. The number of hydrogen-bond acceptors (Lipinski definition) is 0. The number of halogens is 4. The highest BCUT2D eigenvalue weighted by Gasteiger charge is 2.49. The summed E-state index contributed by atoms with van der Waals surface area (Å²) in [5.74, 6) is -0.477. The fourth-order valence-electron chi connectivity index (χ4n) is 0.560. The van der Waals surface area contributed by atoms with Crippen molar-refractivity contribution in [3.8, 4) is 0 Å². The van der Waals surface area contributed by atoms with Gasteiger partial charge in [0.15, 0.2) is 0 Å². The van der Waals surface area contributed by atoms with Gasteiger partial charge in [0, 0.05) is 12.4 Å². The average Bonchev–Trinajstić information content (AvgIpc) is 1.86. The first-order valence-electron chi connectivity index (χ1n) is 3.14. The van der Waals surface area contributed by atoms with E-state index in [1.165, 1.54) is 0 Å². The molecular formula is C6H10ClF3N. The molecule has 1 atom stereocenters. The smallest absolute Gasteiger partial charge is 0.258 e. The Morgan fingerprint density at radius 3 is 1.91 bits per heavy atom. The molecule has 1 radical (unpaired) electrons. The lowest BCUT2D eigenvalue weighted by Crippen LogP contribution is -2.37. The van der Waals surface area contributed by atoms with Gasteiger partial charge in [-0.2, -0.15) is 13.2 Å². The maximum atomic E-state index is 12.1. The molecule has 0 aromatic carbocycles. The van der Waals surface area contributed by atoms with Crippen molar-refractivity contribution in [3.63, 3.8) is 0 Å². The second kappa shape index (κ2) is 3.63. The van der Waals surface area contributed by atoms with Gasteiger partial charge in [0.2, 0.25) is 0 Å². The third-order valence-corrected chi connectivity index (χ3v) is 2.25. The Hall–Kier alpha value is 0.0400. The van der Waals surface area contributed by atoms with Gasteiger partial charge in [-0.25, -0.2) is 0 Å².